The van der Waals surface area contributed by atoms with E-state index in [1.807, 2.05) is 18.2 Å². The van der Waals surface area contributed by atoms with E-state index in [0.29, 0.717) is 0 Å². The Labute approximate surface area is 104 Å². The van der Waals surface area contributed by atoms with Crippen LogP contribution in [0.3, 0.4) is 0 Å². The summed E-state index contributed by atoms with van der Waals surface area (Å²) in [6, 6.07) is 10.3. The van der Waals surface area contributed by atoms with Gasteiger partial charge in [-0.2, -0.15) is 0 Å². The summed E-state index contributed by atoms with van der Waals surface area (Å²) in [6.45, 7) is 2.08. The summed E-state index contributed by atoms with van der Waals surface area (Å²) in [6.07, 6.45) is 0. The van der Waals surface area contributed by atoms with E-state index in [2.05, 4.69) is 19.1 Å². The van der Waals surface area contributed by atoms with Crippen molar-refractivity contribution in [3.05, 3.63) is 35.9 Å². The third-order valence-corrected chi connectivity index (χ3v) is 0.940. The number of aryl methyl sites for hydroxylation is 1. The molecule has 62 valence electrons. The molecule has 1 aromatic rings. The van der Waals surface area contributed by atoms with Crippen LogP contribution >= 0.6 is 0 Å². The third kappa shape index (κ3) is 10.9. The van der Waals surface area contributed by atoms with Crippen LogP contribution in [0.4, 0.5) is 0 Å². The Hall–Kier alpha value is 0.900. The minimum absolute atomic E-state index is 0. The molecule has 1 rings (SSSR count). The molecule has 0 bridgehead atoms. The molecule has 0 aliphatic heterocycles. The Balaban J connectivity index is -0.0000000612. The van der Waals surface area contributed by atoms with Gasteiger partial charge in [0.05, 0.1) is 0 Å². The van der Waals surface area contributed by atoms with E-state index >= 15 is 0 Å². The van der Waals surface area contributed by atoms with Crippen LogP contribution in [0.5, 0.6) is 0 Å². The Morgan fingerprint density at radius 1 is 0.909 bits per heavy atom. The van der Waals surface area contributed by atoms with E-state index in [1.165, 1.54) is 5.56 Å². The third-order valence-electron chi connectivity index (χ3n) is 0.940. The van der Waals surface area contributed by atoms with Gasteiger partial charge >= 0.3 is 26.2 Å². The molecule has 0 N–H and O–H groups in total. The van der Waals surface area contributed by atoms with Crippen LogP contribution in [0.15, 0.2) is 30.3 Å². The Kier molecular flexibility index (Phi) is 27.8. The van der Waals surface area contributed by atoms with Crippen molar-refractivity contribution in [3.8, 4) is 0 Å². The van der Waals surface area contributed by atoms with Crippen LogP contribution in [0.2, 0.25) is 0 Å². The van der Waals surface area contributed by atoms with Gasteiger partial charge in [-0.25, -0.2) is 0 Å². The maximum atomic E-state index is 2.08. The number of rotatable bonds is 0. The van der Waals surface area contributed by atoms with Crippen molar-refractivity contribution in [3.63, 3.8) is 0 Å². The average molecular weight is 286 g/mol. The van der Waals surface area contributed by atoms with Gasteiger partial charge in [0.2, 0.25) is 0 Å². The summed E-state index contributed by atoms with van der Waals surface area (Å²) in [4.78, 5) is 0. The van der Waals surface area contributed by atoms with Crippen LogP contribution in [-0.4, -0.2) is 11.0 Å². The fraction of sp³-hybridized carbons (Fsp3) is 0.143. The standard InChI is InChI=1S/C7H8.2ClH.H4Si.Zr/c1-7-5-3-2-4-6-7;;;;/h2-6H,1H3;2*1H;1H4;/q;;;;+2/p-2. The van der Waals surface area contributed by atoms with Gasteiger partial charge in [0, 0.05) is 0 Å². The molecule has 0 heterocycles. The Morgan fingerprint density at radius 3 is 1.45 bits per heavy atom. The molecule has 0 aliphatic carbocycles. The molecule has 0 amide bonds. The van der Waals surface area contributed by atoms with Gasteiger partial charge < -0.3 is 24.8 Å². The molecule has 0 spiro atoms. The molecule has 0 saturated heterocycles. The normalized spacial score (nSPS) is 5.55. The first-order chi connectivity index (χ1) is 3.39. The monoisotopic (exact) mass is 284 g/mol. The molecule has 0 radical (unpaired) electrons. The SMILES string of the molecule is Cc1ccccc1.[Cl-].[Cl-].[SiH4].[Zr+2]. The largest absolute Gasteiger partial charge is 2.00 e. The van der Waals surface area contributed by atoms with Gasteiger partial charge in [-0.1, -0.05) is 35.9 Å². The van der Waals surface area contributed by atoms with Crippen LogP contribution in [0.1, 0.15) is 5.56 Å². The summed E-state index contributed by atoms with van der Waals surface area (Å²) in [5, 5.41) is 0. The minimum Gasteiger partial charge on any atom is -1.00 e. The second-order valence-corrected chi connectivity index (χ2v) is 1.65. The fourth-order valence-electron chi connectivity index (χ4n) is 0.534. The average Bonchev–Trinajstić information content (AvgIpc) is 1.69. The van der Waals surface area contributed by atoms with Gasteiger partial charge in [-0.05, 0) is 17.9 Å². The Morgan fingerprint density at radius 2 is 1.27 bits per heavy atom. The molecule has 0 atom stereocenters. The molecule has 0 saturated carbocycles. The van der Waals surface area contributed by atoms with Crippen molar-refractivity contribution in [2.75, 3.05) is 0 Å². The van der Waals surface area contributed by atoms with E-state index in [4.69, 9.17) is 0 Å². The second kappa shape index (κ2) is 13.5. The predicted molar refractivity (Wildman–Crippen MR) is 42.5 cm³/mol. The Bertz CT molecular complexity index is 146. The number of benzene rings is 1. The van der Waals surface area contributed by atoms with Gasteiger partial charge in [-0.15, -0.1) is 0 Å². The van der Waals surface area contributed by atoms with Crippen LogP contribution < -0.4 is 24.8 Å². The fourth-order valence-corrected chi connectivity index (χ4v) is 0.534. The molecular weight excluding hydrogens is 274 g/mol. The zero-order valence-electron chi connectivity index (χ0n) is 5.64. The first-order valence-corrected chi connectivity index (χ1v) is 2.41. The molecule has 0 aromatic heterocycles. The summed E-state index contributed by atoms with van der Waals surface area (Å²) >= 11 is 0. The zero-order valence-corrected chi connectivity index (χ0v) is 9.61. The minimum atomic E-state index is 0. The van der Waals surface area contributed by atoms with Gasteiger partial charge in [-0.3, -0.25) is 0 Å². The molecule has 0 fully saturated rings. The molecule has 1 aromatic carbocycles. The quantitative estimate of drug-likeness (QED) is 0.418. The van der Waals surface area contributed by atoms with Crippen LogP contribution in [0.25, 0.3) is 0 Å². The predicted octanol–water partition coefficient (Wildman–Crippen LogP) is -5.45. The van der Waals surface area contributed by atoms with E-state index in [0.717, 1.165) is 0 Å². The van der Waals surface area contributed by atoms with E-state index < -0.39 is 0 Å². The molecule has 0 nitrogen and oxygen atoms in total. The molecule has 0 unspecified atom stereocenters. The zero-order chi connectivity index (χ0) is 5.11. The van der Waals surface area contributed by atoms with Crippen molar-refractivity contribution < 1.29 is 51.0 Å². The van der Waals surface area contributed by atoms with E-state index in [1.54, 1.807) is 0 Å². The molecular formula is C7H12Cl2SiZr. The maximum absolute atomic E-state index is 2.08. The topological polar surface area (TPSA) is 0 Å². The summed E-state index contributed by atoms with van der Waals surface area (Å²) in [7, 11) is 0. The second-order valence-electron chi connectivity index (χ2n) is 1.65. The summed E-state index contributed by atoms with van der Waals surface area (Å²) in [5.41, 5.74) is 1.32. The number of hydrogen-bond acceptors (Lipinski definition) is 0. The number of hydrogen-bond donors (Lipinski definition) is 0. The van der Waals surface area contributed by atoms with Gasteiger partial charge in [0.15, 0.2) is 0 Å². The van der Waals surface area contributed by atoms with Crippen LogP contribution in [-0.2, 0) is 26.2 Å². The van der Waals surface area contributed by atoms with Crippen molar-refractivity contribution in [2.24, 2.45) is 0 Å². The van der Waals surface area contributed by atoms with Crippen molar-refractivity contribution >= 4 is 11.0 Å². The first-order valence-electron chi connectivity index (χ1n) is 2.41. The maximum Gasteiger partial charge on any atom is 2.00 e. The van der Waals surface area contributed by atoms with Gasteiger partial charge in [0.1, 0.15) is 0 Å². The molecule has 11 heavy (non-hydrogen) atoms. The van der Waals surface area contributed by atoms with Crippen molar-refractivity contribution in [1.29, 1.82) is 0 Å². The van der Waals surface area contributed by atoms with E-state index in [-0.39, 0.29) is 62.0 Å². The van der Waals surface area contributed by atoms with E-state index in [9.17, 15) is 0 Å². The molecule has 4 heteroatoms. The van der Waals surface area contributed by atoms with Crippen LogP contribution in [0, 0.1) is 6.92 Å². The van der Waals surface area contributed by atoms with Crippen molar-refractivity contribution in [1.82, 2.24) is 0 Å². The first kappa shape index (κ1) is 22.7. The van der Waals surface area contributed by atoms with Crippen molar-refractivity contribution in [2.45, 2.75) is 6.92 Å². The summed E-state index contributed by atoms with van der Waals surface area (Å²) < 4.78 is 0. The smallest absolute Gasteiger partial charge is 1.00 e. The molecule has 0 aliphatic rings. The summed E-state index contributed by atoms with van der Waals surface area (Å²) in [5.74, 6) is 0. The number of halogens is 2. The van der Waals surface area contributed by atoms with Gasteiger partial charge in [0.25, 0.3) is 0 Å².